The molecule has 120 valence electrons. The quantitative estimate of drug-likeness (QED) is 0.595. The van der Waals surface area contributed by atoms with E-state index in [0.29, 0.717) is 0 Å². The normalized spacial score (nSPS) is 20.5. The maximum atomic E-state index is 10.1. The van der Waals surface area contributed by atoms with Gasteiger partial charge in [-0.3, -0.25) is 0 Å². The molecule has 0 fully saturated rings. The number of rotatable bonds is 4. The molecule has 0 saturated heterocycles. The first-order valence-electron chi connectivity index (χ1n) is 7.74. The fourth-order valence-corrected chi connectivity index (χ4v) is 4.42. The second kappa shape index (κ2) is 6.69. The van der Waals surface area contributed by atoms with Crippen molar-refractivity contribution in [1.29, 1.82) is 0 Å². The zero-order valence-corrected chi connectivity index (χ0v) is 13.8. The lowest BCUT2D eigenvalue weighted by atomic mass is 9.86. The third-order valence-corrected chi connectivity index (χ3v) is 5.76. The lowest BCUT2D eigenvalue weighted by Crippen LogP contribution is -2.35. The van der Waals surface area contributed by atoms with E-state index in [0.717, 1.165) is 36.4 Å². The van der Waals surface area contributed by atoms with Crippen LogP contribution in [0.4, 0.5) is 0 Å². The number of hydrogen-bond donors (Lipinski definition) is 3. The fraction of sp³-hybridized carbons (Fsp3) is 0.263. The molecular formula is C19H21NO2S. The summed E-state index contributed by atoms with van der Waals surface area (Å²) >= 11 is 1.80. The number of phenols is 2. The topological polar surface area (TPSA) is 52.5 Å². The summed E-state index contributed by atoms with van der Waals surface area (Å²) in [7, 11) is 0. The van der Waals surface area contributed by atoms with Crippen molar-refractivity contribution in [2.24, 2.45) is 0 Å². The molecule has 0 bridgehead atoms. The molecule has 3 rings (SSSR count). The smallest absolute Gasteiger partial charge is 0.157 e. The van der Waals surface area contributed by atoms with Crippen LogP contribution in [0.5, 0.6) is 11.5 Å². The maximum absolute atomic E-state index is 10.1. The summed E-state index contributed by atoms with van der Waals surface area (Å²) in [5, 5.41) is 23.5. The molecule has 1 unspecified atom stereocenters. The minimum atomic E-state index is -0.313. The van der Waals surface area contributed by atoms with Crippen LogP contribution in [0.25, 0.3) is 0 Å². The van der Waals surface area contributed by atoms with Crippen molar-refractivity contribution < 1.29 is 10.2 Å². The van der Waals surface area contributed by atoms with Crippen LogP contribution in [0.2, 0.25) is 0 Å². The first-order chi connectivity index (χ1) is 11.2. The average Bonchev–Trinajstić information content (AvgIpc) is 2.75. The Bertz CT molecular complexity index is 702. The minimum absolute atomic E-state index is 0.0543. The van der Waals surface area contributed by atoms with Crippen molar-refractivity contribution in [3.8, 4) is 11.5 Å². The molecule has 2 aromatic rings. The second-order valence-corrected chi connectivity index (χ2v) is 7.04. The molecule has 1 aliphatic heterocycles. The molecule has 3 N–H and O–H groups in total. The van der Waals surface area contributed by atoms with Gasteiger partial charge < -0.3 is 15.5 Å². The standard InChI is InChI=1S/C19H21NO2S/c1-2-10-23-19(15-6-4-3-5-7-15)13-20-9-8-14-11-17(21)18(22)12-16(14)19/h2-7,11-12,20-22H,1,8-10,13H2. The Balaban J connectivity index is 2.23. The van der Waals surface area contributed by atoms with E-state index in [4.69, 9.17) is 0 Å². The highest BCUT2D eigenvalue weighted by molar-refractivity contribution is 8.00. The van der Waals surface area contributed by atoms with Crippen molar-refractivity contribution >= 4 is 11.8 Å². The average molecular weight is 327 g/mol. The van der Waals surface area contributed by atoms with Crippen LogP contribution >= 0.6 is 11.8 Å². The van der Waals surface area contributed by atoms with Gasteiger partial charge in [0, 0.05) is 12.3 Å². The number of thioether (sulfide) groups is 1. The van der Waals surface area contributed by atoms with E-state index in [1.165, 1.54) is 5.56 Å². The molecule has 0 aromatic heterocycles. The summed E-state index contributed by atoms with van der Waals surface area (Å²) in [6, 6.07) is 13.7. The Hall–Kier alpha value is -1.91. The molecule has 0 aliphatic carbocycles. The Morgan fingerprint density at radius 2 is 1.91 bits per heavy atom. The van der Waals surface area contributed by atoms with Crippen molar-refractivity contribution in [2.75, 3.05) is 18.8 Å². The van der Waals surface area contributed by atoms with Gasteiger partial charge in [0.15, 0.2) is 11.5 Å². The summed E-state index contributed by atoms with van der Waals surface area (Å²) in [4.78, 5) is 0. The number of benzene rings is 2. The molecule has 3 nitrogen and oxygen atoms in total. The predicted octanol–water partition coefficient (Wildman–Crippen LogP) is 3.41. The van der Waals surface area contributed by atoms with E-state index in [9.17, 15) is 10.2 Å². The summed E-state index contributed by atoms with van der Waals surface area (Å²) < 4.78 is -0.313. The Labute approximate surface area is 141 Å². The Morgan fingerprint density at radius 3 is 2.65 bits per heavy atom. The highest BCUT2D eigenvalue weighted by Gasteiger charge is 2.38. The monoisotopic (exact) mass is 327 g/mol. The van der Waals surface area contributed by atoms with Crippen molar-refractivity contribution in [2.45, 2.75) is 11.2 Å². The van der Waals surface area contributed by atoms with Gasteiger partial charge in [-0.25, -0.2) is 0 Å². The van der Waals surface area contributed by atoms with E-state index in [-0.39, 0.29) is 16.2 Å². The number of nitrogens with one attached hydrogen (secondary N) is 1. The molecule has 23 heavy (non-hydrogen) atoms. The van der Waals surface area contributed by atoms with Gasteiger partial charge >= 0.3 is 0 Å². The van der Waals surface area contributed by atoms with E-state index in [1.54, 1.807) is 23.9 Å². The Morgan fingerprint density at radius 1 is 1.17 bits per heavy atom. The molecule has 4 heteroatoms. The fourth-order valence-electron chi connectivity index (χ4n) is 3.16. The third kappa shape index (κ3) is 2.96. The number of fused-ring (bicyclic) bond motifs is 1. The largest absolute Gasteiger partial charge is 0.504 e. The zero-order valence-electron chi connectivity index (χ0n) is 13.0. The van der Waals surface area contributed by atoms with Crippen LogP contribution in [0.1, 0.15) is 16.7 Å². The Kier molecular flexibility index (Phi) is 4.64. The van der Waals surface area contributed by atoms with Crippen LogP contribution in [0.15, 0.2) is 55.1 Å². The van der Waals surface area contributed by atoms with Crippen LogP contribution < -0.4 is 5.32 Å². The van der Waals surface area contributed by atoms with Gasteiger partial charge in [-0.2, -0.15) is 0 Å². The van der Waals surface area contributed by atoms with Gasteiger partial charge in [-0.1, -0.05) is 36.4 Å². The van der Waals surface area contributed by atoms with E-state index in [1.807, 2.05) is 24.3 Å². The van der Waals surface area contributed by atoms with Crippen LogP contribution in [0.3, 0.4) is 0 Å². The summed E-state index contributed by atoms with van der Waals surface area (Å²) in [5.41, 5.74) is 3.33. The number of aromatic hydroxyl groups is 2. The summed E-state index contributed by atoms with van der Waals surface area (Å²) in [5.74, 6) is 0.684. The van der Waals surface area contributed by atoms with E-state index in [2.05, 4.69) is 24.0 Å². The first kappa shape index (κ1) is 16.0. The molecule has 1 aliphatic rings. The SMILES string of the molecule is C=CCSC1(c2ccccc2)CNCCc2cc(O)c(O)cc21. The molecule has 2 aromatic carbocycles. The molecule has 1 atom stereocenters. The number of hydrogen-bond acceptors (Lipinski definition) is 4. The van der Waals surface area contributed by atoms with Gasteiger partial charge in [0.2, 0.25) is 0 Å². The van der Waals surface area contributed by atoms with Crippen LogP contribution in [0, 0.1) is 0 Å². The van der Waals surface area contributed by atoms with Gasteiger partial charge in [-0.15, -0.1) is 18.3 Å². The predicted molar refractivity (Wildman–Crippen MR) is 96.2 cm³/mol. The minimum Gasteiger partial charge on any atom is -0.504 e. The second-order valence-electron chi connectivity index (χ2n) is 5.72. The highest BCUT2D eigenvalue weighted by Crippen LogP contribution is 2.47. The molecule has 0 amide bonds. The summed E-state index contributed by atoms with van der Waals surface area (Å²) in [6.07, 6.45) is 2.73. The maximum Gasteiger partial charge on any atom is 0.157 e. The molecule has 0 radical (unpaired) electrons. The van der Waals surface area contributed by atoms with Gasteiger partial charge in [-0.05, 0) is 41.8 Å². The third-order valence-electron chi connectivity index (χ3n) is 4.27. The lowest BCUT2D eigenvalue weighted by molar-refractivity contribution is 0.402. The van der Waals surface area contributed by atoms with Crippen LogP contribution in [-0.4, -0.2) is 29.1 Å². The van der Waals surface area contributed by atoms with Crippen molar-refractivity contribution in [3.05, 3.63) is 71.8 Å². The highest BCUT2D eigenvalue weighted by atomic mass is 32.2. The first-order valence-corrected chi connectivity index (χ1v) is 8.72. The zero-order chi connectivity index (χ0) is 16.3. The van der Waals surface area contributed by atoms with Gasteiger partial charge in [0.25, 0.3) is 0 Å². The van der Waals surface area contributed by atoms with Gasteiger partial charge in [0.1, 0.15) is 0 Å². The van der Waals surface area contributed by atoms with Gasteiger partial charge in [0.05, 0.1) is 4.75 Å². The molecule has 0 spiro atoms. The van der Waals surface area contributed by atoms with Crippen LogP contribution in [-0.2, 0) is 11.2 Å². The van der Waals surface area contributed by atoms with E-state index < -0.39 is 0 Å². The van der Waals surface area contributed by atoms with Crippen molar-refractivity contribution in [3.63, 3.8) is 0 Å². The molecule has 0 saturated carbocycles. The molecule has 1 heterocycles. The summed E-state index contributed by atoms with van der Waals surface area (Å²) in [6.45, 7) is 5.47. The number of phenolic OH excluding ortho intramolecular Hbond substituents is 2. The van der Waals surface area contributed by atoms with Crippen molar-refractivity contribution in [1.82, 2.24) is 5.32 Å². The molecular weight excluding hydrogens is 306 g/mol. The lowest BCUT2D eigenvalue weighted by Gasteiger charge is -2.34. The van der Waals surface area contributed by atoms with E-state index >= 15 is 0 Å².